The summed E-state index contributed by atoms with van der Waals surface area (Å²) in [5, 5.41) is 0. The number of hydrogen-bond donors (Lipinski definition) is 0. The van der Waals surface area contributed by atoms with E-state index in [0.717, 1.165) is 32.1 Å². The molecule has 0 N–H and O–H groups in total. The highest BCUT2D eigenvalue weighted by molar-refractivity contribution is 7.86. The number of hydrogen-bond acceptors (Lipinski definition) is 2. The van der Waals surface area contributed by atoms with E-state index in [9.17, 15) is 8.42 Å². The molecule has 0 aromatic heterocycles. The smallest absolute Gasteiger partial charge is 0.195 e. The van der Waals surface area contributed by atoms with Crippen LogP contribution >= 0.6 is 11.6 Å². The van der Waals surface area contributed by atoms with Crippen LogP contribution in [0.4, 0.5) is 0 Å². The van der Waals surface area contributed by atoms with Crippen LogP contribution in [-0.4, -0.2) is 48.6 Å². The van der Waals surface area contributed by atoms with Gasteiger partial charge in [-0.25, -0.2) is 0 Å². The molecule has 4 nitrogen and oxygen atoms in total. The summed E-state index contributed by atoms with van der Waals surface area (Å²) in [4.78, 5) is 0. The molecule has 18 heavy (non-hydrogen) atoms. The van der Waals surface area contributed by atoms with Crippen molar-refractivity contribution in [2.45, 2.75) is 45.1 Å². The van der Waals surface area contributed by atoms with Crippen molar-refractivity contribution in [2.24, 2.45) is 5.92 Å². The second-order valence-corrected chi connectivity index (χ2v) is 7.51. The first-order chi connectivity index (χ1) is 8.59. The molecule has 0 amide bonds. The van der Waals surface area contributed by atoms with Gasteiger partial charge in [0.2, 0.25) is 0 Å². The third kappa shape index (κ3) is 2.84. The Morgan fingerprint density at radius 2 is 1.83 bits per heavy atom. The molecule has 0 aromatic carbocycles. The van der Waals surface area contributed by atoms with Crippen LogP contribution in [0.1, 0.15) is 39.0 Å². The Morgan fingerprint density at radius 3 is 2.39 bits per heavy atom. The van der Waals surface area contributed by atoms with Crippen LogP contribution in [-0.2, 0) is 10.2 Å². The molecular formula is C12H23ClN2O2S. The number of nitrogens with zero attached hydrogens (tertiary/aromatic N) is 2. The number of halogens is 1. The summed E-state index contributed by atoms with van der Waals surface area (Å²) in [5.74, 6) is 1.13. The van der Waals surface area contributed by atoms with Gasteiger partial charge in [0, 0.05) is 31.6 Å². The first-order valence-corrected chi connectivity index (χ1v) is 8.85. The quantitative estimate of drug-likeness (QED) is 0.745. The molecule has 6 heteroatoms. The van der Waals surface area contributed by atoms with Gasteiger partial charge in [0.25, 0.3) is 10.2 Å². The standard InChI is InChI=1S/C12H23ClN2O2S/c1-2-12-4-3-7-15(12)18(16,17)14-8-5-11(10-13)6-9-14/h11-12H,2-10H2,1H3. The predicted octanol–water partition coefficient (Wildman–Crippen LogP) is 2.06. The number of alkyl halides is 1. The molecule has 2 rings (SSSR count). The van der Waals surface area contributed by atoms with Crippen molar-refractivity contribution in [2.75, 3.05) is 25.5 Å². The first kappa shape index (κ1) is 14.6. The van der Waals surface area contributed by atoms with E-state index in [1.165, 1.54) is 0 Å². The van der Waals surface area contributed by atoms with Crippen molar-refractivity contribution < 1.29 is 8.42 Å². The zero-order valence-electron chi connectivity index (χ0n) is 11.0. The Balaban J connectivity index is 2.03. The molecule has 0 bridgehead atoms. The van der Waals surface area contributed by atoms with Gasteiger partial charge in [-0.3, -0.25) is 0 Å². The molecule has 2 saturated heterocycles. The Morgan fingerprint density at radius 1 is 1.17 bits per heavy atom. The highest BCUT2D eigenvalue weighted by Gasteiger charge is 2.38. The van der Waals surface area contributed by atoms with Gasteiger partial charge in [0.1, 0.15) is 0 Å². The zero-order chi connectivity index (χ0) is 13.2. The van der Waals surface area contributed by atoms with Gasteiger partial charge in [-0.2, -0.15) is 17.0 Å². The van der Waals surface area contributed by atoms with Crippen molar-refractivity contribution in [3.8, 4) is 0 Å². The lowest BCUT2D eigenvalue weighted by Crippen LogP contribution is -2.48. The van der Waals surface area contributed by atoms with Crippen LogP contribution < -0.4 is 0 Å². The minimum atomic E-state index is -3.23. The van der Waals surface area contributed by atoms with Crippen molar-refractivity contribution in [1.82, 2.24) is 8.61 Å². The molecule has 2 fully saturated rings. The highest BCUT2D eigenvalue weighted by atomic mass is 35.5. The Bertz CT molecular complexity index is 366. The maximum absolute atomic E-state index is 12.6. The first-order valence-electron chi connectivity index (χ1n) is 6.92. The van der Waals surface area contributed by atoms with E-state index in [1.54, 1.807) is 8.61 Å². The summed E-state index contributed by atoms with van der Waals surface area (Å²) in [7, 11) is -3.23. The fourth-order valence-electron chi connectivity index (χ4n) is 2.96. The molecule has 1 atom stereocenters. The topological polar surface area (TPSA) is 40.6 Å². The number of piperidine rings is 1. The van der Waals surface area contributed by atoms with E-state index in [0.29, 0.717) is 31.4 Å². The van der Waals surface area contributed by atoms with Crippen molar-refractivity contribution >= 4 is 21.8 Å². The van der Waals surface area contributed by atoms with Crippen LogP contribution in [0.3, 0.4) is 0 Å². The lowest BCUT2D eigenvalue weighted by molar-refractivity contribution is 0.260. The third-order valence-electron chi connectivity index (χ3n) is 4.21. The van der Waals surface area contributed by atoms with Crippen LogP contribution in [0.25, 0.3) is 0 Å². The molecule has 0 saturated carbocycles. The van der Waals surface area contributed by atoms with Crippen molar-refractivity contribution in [3.05, 3.63) is 0 Å². The molecule has 106 valence electrons. The molecule has 0 radical (unpaired) electrons. The maximum Gasteiger partial charge on any atom is 0.282 e. The number of rotatable bonds is 4. The largest absolute Gasteiger partial charge is 0.282 e. The molecular weight excluding hydrogens is 272 g/mol. The molecule has 0 spiro atoms. The average molecular weight is 295 g/mol. The minimum Gasteiger partial charge on any atom is -0.195 e. The predicted molar refractivity (Wildman–Crippen MR) is 74.0 cm³/mol. The van der Waals surface area contributed by atoms with Crippen LogP contribution in [0, 0.1) is 5.92 Å². The van der Waals surface area contributed by atoms with E-state index >= 15 is 0 Å². The van der Waals surface area contributed by atoms with E-state index < -0.39 is 10.2 Å². The zero-order valence-corrected chi connectivity index (χ0v) is 12.6. The Hall–Kier alpha value is 0.160. The fourth-order valence-corrected chi connectivity index (χ4v) is 5.23. The minimum absolute atomic E-state index is 0.209. The summed E-state index contributed by atoms with van der Waals surface area (Å²) in [6.45, 7) is 4.02. The van der Waals surface area contributed by atoms with Gasteiger partial charge in [-0.1, -0.05) is 6.92 Å². The summed E-state index contributed by atoms with van der Waals surface area (Å²) in [6, 6.07) is 0.209. The van der Waals surface area contributed by atoms with Crippen molar-refractivity contribution in [3.63, 3.8) is 0 Å². The molecule has 2 aliphatic rings. The molecule has 0 aromatic rings. The maximum atomic E-state index is 12.6. The average Bonchev–Trinajstić information content (AvgIpc) is 2.88. The monoisotopic (exact) mass is 294 g/mol. The van der Waals surface area contributed by atoms with E-state index in [4.69, 9.17) is 11.6 Å². The molecule has 2 aliphatic heterocycles. The van der Waals surface area contributed by atoms with Gasteiger partial charge in [-0.15, -0.1) is 11.6 Å². The van der Waals surface area contributed by atoms with Crippen LogP contribution in [0.5, 0.6) is 0 Å². The van der Waals surface area contributed by atoms with Gasteiger partial charge in [0.05, 0.1) is 0 Å². The van der Waals surface area contributed by atoms with Gasteiger partial charge in [0.15, 0.2) is 0 Å². The SMILES string of the molecule is CCC1CCCN1S(=O)(=O)N1CCC(CCl)CC1. The van der Waals surface area contributed by atoms with E-state index in [2.05, 4.69) is 6.92 Å². The highest BCUT2D eigenvalue weighted by Crippen LogP contribution is 2.28. The Kier molecular flexibility index (Phi) is 4.92. The van der Waals surface area contributed by atoms with Gasteiger partial charge >= 0.3 is 0 Å². The summed E-state index contributed by atoms with van der Waals surface area (Å²) in [5.41, 5.74) is 0. The van der Waals surface area contributed by atoms with Gasteiger partial charge in [-0.05, 0) is 38.0 Å². The van der Waals surface area contributed by atoms with E-state index in [1.807, 2.05) is 0 Å². The normalized spacial score (nSPS) is 28.9. The lowest BCUT2D eigenvalue weighted by Gasteiger charge is -2.34. The fraction of sp³-hybridized carbons (Fsp3) is 1.00. The van der Waals surface area contributed by atoms with E-state index in [-0.39, 0.29) is 6.04 Å². The Labute approximate surface area is 115 Å². The lowest BCUT2D eigenvalue weighted by atomic mass is 10.0. The molecule has 2 heterocycles. The summed E-state index contributed by atoms with van der Waals surface area (Å²) in [6.07, 6.45) is 4.71. The van der Waals surface area contributed by atoms with Crippen LogP contribution in [0.15, 0.2) is 0 Å². The third-order valence-corrected chi connectivity index (χ3v) is 6.74. The summed E-state index contributed by atoms with van der Waals surface area (Å²) < 4.78 is 28.5. The molecule has 1 unspecified atom stereocenters. The summed E-state index contributed by atoms with van der Waals surface area (Å²) >= 11 is 5.84. The second kappa shape index (κ2) is 6.07. The molecule has 0 aliphatic carbocycles. The van der Waals surface area contributed by atoms with Gasteiger partial charge < -0.3 is 0 Å². The van der Waals surface area contributed by atoms with Crippen molar-refractivity contribution in [1.29, 1.82) is 0 Å². The van der Waals surface area contributed by atoms with Crippen LogP contribution in [0.2, 0.25) is 0 Å². The second-order valence-electron chi connectivity index (χ2n) is 5.32.